The molecule has 0 bridgehead atoms. The molecule has 2 amide bonds. The van der Waals surface area contributed by atoms with Crippen LogP contribution in [0.15, 0.2) is 34.8 Å². The van der Waals surface area contributed by atoms with Gasteiger partial charge in [-0.2, -0.15) is 0 Å². The van der Waals surface area contributed by atoms with E-state index in [1.807, 2.05) is 6.07 Å². The molecule has 0 saturated heterocycles. The van der Waals surface area contributed by atoms with Gasteiger partial charge in [0, 0.05) is 14.9 Å². The van der Waals surface area contributed by atoms with Crippen molar-refractivity contribution in [1.29, 1.82) is 0 Å². The number of carbonyl (C=O) groups excluding carboxylic acids is 3. The summed E-state index contributed by atoms with van der Waals surface area (Å²) in [6.45, 7) is 1.73. The summed E-state index contributed by atoms with van der Waals surface area (Å²) in [5, 5.41) is 0. The van der Waals surface area contributed by atoms with Crippen molar-refractivity contribution < 1.29 is 19.1 Å². The minimum atomic E-state index is -0.605. The number of nitrogens with one attached hydrogen (secondary N) is 2. The monoisotopic (exact) mass is 464 g/mol. The van der Waals surface area contributed by atoms with Gasteiger partial charge < -0.3 is 4.74 Å². The van der Waals surface area contributed by atoms with Crippen LogP contribution in [-0.4, -0.2) is 24.4 Å². The fourth-order valence-electron chi connectivity index (χ4n) is 3.09. The van der Waals surface area contributed by atoms with Crippen LogP contribution in [0.4, 0.5) is 0 Å². The number of hydrogen-bond acceptors (Lipinski definition) is 5. The Labute approximate surface area is 175 Å². The molecule has 0 radical (unpaired) electrons. The average Bonchev–Trinajstić information content (AvgIpc) is 3.14. The van der Waals surface area contributed by atoms with Crippen LogP contribution in [0.2, 0.25) is 0 Å². The molecule has 1 heterocycles. The Morgan fingerprint density at radius 3 is 2.68 bits per heavy atom. The van der Waals surface area contributed by atoms with Crippen LogP contribution >= 0.6 is 27.3 Å². The lowest BCUT2D eigenvalue weighted by molar-refractivity contribution is -0.125. The molecule has 2 N–H and O–H groups in total. The summed E-state index contributed by atoms with van der Waals surface area (Å²) >= 11 is 4.73. The number of amides is 2. The topological polar surface area (TPSA) is 84.5 Å². The standard InChI is InChI=1S/C20H21BrN2O4S/c1-2-12-3-8-16-14(9-12)10-17(28-16)20(26)27-11-18(24)22-23-19(25)13-4-6-15(21)7-5-13/h4-7,10,12H,2-3,8-9,11H2,1H3,(H,22,24)(H,23,25). The van der Waals surface area contributed by atoms with Crippen LogP contribution in [0.25, 0.3) is 0 Å². The van der Waals surface area contributed by atoms with Gasteiger partial charge in [-0.05, 0) is 61.1 Å². The molecule has 0 aliphatic heterocycles. The second kappa shape index (κ2) is 9.34. The molecule has 3 rings (SSSR count). The van der Waals surface area contributed by atoms with E-state index in [1.165, 1.54) is 21.8 Å². The highest BCUT2D eigenvalue weighted by Crippen LogP contribution is 2.33. The van der Waals surface area contributed by atoms with Gasteiger partial charge >= 0.3 is 5.97 Å². The Balaban J connectivity index is 1.45. The molecule has 1 unspecified atom stereocenters. The fraction of sp³-hybridized carbons (Fsp3) is 0.350. The molecule has 1 aromatic carbocycles. The van der Waals surface area contributed by atoms with Gasteiger partial charge in [0.25, 0.3) is 11.8 Å². The molecule has 1 aromatic heterocycles. The van der Waals surface area contributed by atoms with Gasteiger partial charge in [0.1, 0.15) is 4.88 Å². The lowest BCUT2D eigenvalue weighted by atomic mass is 9.87. The number of benzene rings is 1. The molecule has 28 heavy (non-hydrogen) atoms. The van der Waals surface area contributed by atoms with Crippen molar-refractivity contribution >= 4 is 45.1 Å². The zero-order valence-electron chi connectivity index (χ0n) is 15.4. The molecule has 2 aromatic rings. The SMILES string of the molecule is CCC1CCc2sc(C(=O)OCC(=O)NNC(=O)c3ccc(Br)cc3)cc2C1. The number of rotatable bonds is 5. The number of halogens is 1. The summed E-state index contributed by atoms with van der Waals surface area (Å²) in [5.41, 5.74) is 6.15. The van der Waals surface area contributed by atoms with Crippen LogP contribution in [0.1, 0.15) is 50.2 Å². The molecule has 0 fully saturated rings. The number of thiophene rings is 1. The third-order valence-electron chi connectivity index (χ3n) is 4.72. The van der Waals surface area contributed by atoms with Gasteiger partial charge in [-0.15, -0.1) is 11.3 Å². The zero-order valence-corrected chi connectivity index (χ0v) is 17.8. The van der Waals surface area contributed by atoms with Gasteiger partial charge in [-0.25, -0.2) is 4.79 Å². The predicted octanol–water partition coefficient (Wildman–Crippen LogP) is 3.64. The number of fused-ring (bicyclic) bond motifs is 1. The van der Waals surface area contributed by atoms with Crippen molar-refractivity contribution in [2.45, 2.75) is 32.6 Å². The maximum atomic E-state index is 12.2. The number of carbonyl (C=O) groups is 3. The van der Waals surface area contributed by atoms with E-state index in [-0.39, 0.29) is 0 Å². The van der Waals surface area contributed by atoms with Gasteiger partial charge in [0.05, 0.1) is 0 Å². The van der Waals surface area contributed by atoms with Crippen LogP contribution in [0, 0.1) is 5.92 Å². The molecule has 0 spiro atoms. The number of aryl methyl sites for hydroxylation is 1. The highest BCUT2D eigenvalue weighted by atomic mass is 79.9. The van der Waals surface area contributed by atoms with E-state index in [2.05, 4.69) is 33.7 Å². The highest BCUT2D eigenvalue weighted by Gasteiger charge is 2.23. The number of ether oxygens (including phenoxy) is 1. The van der Waals surface area contributed by atoms with Gasteiger partial charge in [0.2, 0.25) is 0 Å². The molecule has 8 heteroatoms. The first-order chi connectivity index (χ1) is 13.5. The molecule has 148 valence electrons. The lowest BCUT2D eigenvalue weighted by Crippen LogP contribution is -2.43. The quantitative estimate of drug-likeness (QED) is 0.522. The molecule has 6 nitrogen and oxygen atoms in total. The Kier molecular flexibility index (Phi) is 6.85. The Morgan fingerprint density at radius 1 is 1.21 bits per heavy atom. The second-order valence-electron chi connectivity index (χ2n) is 6.66. The summed E-state index contributed by atoms with van der Waals surface area (Å²) in [7, 11) is 0. The van der Waals surface area contributed by atoms with Crippen LogP contribution in [-0.2, 0) is 22.4 Å². The number of hydrogen-bond donors (Lipinski definition) is 2. The Morgan fingerprint density at radius 2 is 1.96 bits per heavy atom. The Hall–Kier alpha value is -2.19. The maximum Gasteiger partial charge on any atom is 0.348 e. The predicted molar refractivity (Wildman–Crippen MR) is 110 cm³/mol. The molecule has 0 saturated carbocycles. The second-order valence-corrected chi connectivity index (χ2v) is 8.71. The van der Waals surface area contributed by atoms with Gasteiger partial charge in [-0.3, -0.25) is 20.4 Å². The largest absolute Gasteiger partial charge is 0.451 e. The van der Waals surface area contributed by atoms with E-state index < -0.39 is 24.4 Å². The minimum Gasteiger partial charge on any atom is -0.451 e. The van der Waals surface area contributed by atoms with Crippen LogP contribution < -0.4 is 10.9 Å². The minimum absolute atomic E-state index is 0.398. The number of esters is 1. The zero-order chi connectivity index (χ0) is 20.1. The van der Waals surface area contributed by atoms with Crippen molar-refractivity contribution in [3.63, 3.8) is 0 Å². The fourth-order valence-corrected chi connectivity index (χ4v) is 4.45. The van der Waals surface area contributed by atoms with E-state index in [4.69, 9.17) is 4.74 Å². The highest BCUT2D eigenvalue weighted by molar-refractivity contribution is 9.10. The summed E-state index contributed by atoms with van der Waals surface area (Å²) in [4.78, 5) is 37.8. The Bertz CT molecular complexity index is 879. The van der Waals surface area contributed by atoms with Crippen LogP contribution in [0.3, 0.4) is 0 Å². The molecule has 1 atom stereocenters. The van der Waals surface area contributed by atoms with E-state index >= 15 is 0 Å². The van der Waals surface area contributed by atoms with Crippen LogP contribution in [0.5, 0.6) is 0 Å². The summed E-state index contributed by atoms with van der Waals surface area (Å²) in [6, 6.07) is 8.57. The molecular weight excluding hydrogens is 444 g/mol. The van der Waals surface area contributed by atoms with Crippen molar-refractivity contribution in [2.75, 3.05) is 6.61 Å². The first kappa shape index (κ1) is 20.5. The first-order valence-electron chi connectivity index (χ1n) is 9.09. The van der Waals surface area contributed by atoms with Crippen molar-refractivity contribution in [2.24, 2.45) is 5.92 Å². The summed E-state index contributed by atoms with van der Waals surface area (Å²) in [6.07, 6.45) is 4.28. The molecular formula is C20H21BrN2O4S. The van der Waals surface area contributed by atoms with E-state index in [0.717, 1.165) is 30.2 Å². The van der Waals surface area contributed by atoms with Crippen molar-refractivity contribution in [3.05, 3.63) is 55.7 Å². The van der Waals surface area contributed by atoms with E-state index in [9.17, 15) is 14.4 Å². The smallest absolute Gasteiger partial charge is 0.348 e. The lowest BCUT2D eigenvalue weighted by Gasteiger charge is -2.19. The van der Waals surface area contributed by atoms with Gasteiger partial charge in [-0.1, -0.05) is 29.3 Å². The van der Waals surface area contributed by atoms with Crippen molar-refractivity contribution in [3.8, 4) is 0 Å². The molecule has 1 aliphatic carbocycles. The van der Waals surface area contributed by atoms with E-state index in [1.54, 1.807) is 24.3 Å². The average molecular weight is 465 g/mol. The van der Waals surface area contributed by atoms with Crippen molar-refractivity contribution in [1.82, 2.24) is 10.9 Å². The molecule has 1 aliphatic rings. The van der Waals surface area contributed by atoms with Gasteiger partial charge in [0.15, 0.2) is 6.61 Å². The first-order valence-corrected chi connectivity index (χ1v) is 10.7. The number of hydrazine groups is 1. The third kappa shape index (κ3) is 5.20. The summed E-state index contributed by atoms with van der Waals surface area (Å²) < 4.78 is 5.92. The third-order valence-corrected chi connectivity index (χ3v) is 6.47. The summed E-state index contributed by atoms with van der Waals surface area (Å²) in [5.74, 6) is -0.900. The normalized spacial score (nSPS) is 15.4. The van der Waals surface area contributed by atoms with E-state index in [0.29, 0.717) is 16.4 Å². The maximum absolute atomic E-state index is 12.2.